The van der Waals surface area contributed by atoms with Crippen molar-refractivity contribution in [2.45, 2.75) is 13.5 Å². The van der Waals surface area contributed by atoms with Gasteiger partial charge >= 0.3 is 5.97 Å². The van der Waals surface area contributed by atoms with Gasteiger partial charge in [0.1, 0.15) is 13.2 Å². The number of carbonyl (C=O) groups is 1. The van der Waals surface area contributed by atoms with Gasteiger partial charge in [0.2, 0.25) is 11.6 Å². The molecule has 0 fully saturated rings. The Morgan fingerprint density at radius 2 is 1.90 bits per heavy atom. The molecule has 2 aromatic carbocycles. The third kappa shape index (κ3) is 6.55. The molecule has 3 heterocycles. The lowest BCUT2D eigenvalue weighted by Crippen LogP contribution is -2.25. The Morgan fingerprint density at radius 1 is 1.05 bits per heavy atom. The van der Waals surface area contributed by atoms with Gasteiger partial charge in [0, 0.05) is 46.2 Å². The van der Waals surface area contributed by atoms with Gasteiger partial charge in [0.05, 0.1) is 5.69 Å². The van der Waals surface area contributed by atoms with Crippen LogP contribution in [0.25, 0.3) is 22.5 Å². The molecule has 12 heteroatoms. The number of carbonyl (C=O) groups excluding carboxylic acids is 1. The Kier molecular flexibility index (Phi) is 8.18. The minimum Gasteiger partial charge on any atom is -0.437 e. The van der Waals surface area contributed by atoms with Gasteiger partial charge in [-0.15, -0.1) is 0 Å². The molecule has 0 unspecified atom stereocenters. The third-order valence-corrected chi connectivity index (χ3v) is 5.80. The van der Waals surface area contributed by atoms with Gasteiger partial charge in [-0.25, -0.2) is 9.97 Å². The number of nitrogens with one attached hydrogen (secondary N) is 2. The summed E-state index contributed by atoms with van der Waals surface area (Å²) in [5.41, 5.74) is 5.25. The summed E-state index contributed by atoms with van der Waals surface area (Å²) in [4.78, 5) is 25.6. The average Bonchev–Trinajstić information content (AvgIpc) is 3.36. The predicted molar refractivity (Wildman–Crippen MR) is 145 cm³/mol. The number of hydrogen-bond donors (Lipinski definition) is 2. The van der Waals surface area contributed by atoms with Gasteiger partial charge < -0.3 is 25.3 Å². The second-order valence-electron chi connectivity index (χ2n) is 8.59. The van der Waals surface area contributed by atoms with Crippen molar-refractivity contribution >= 4 is 23.3 Å². The maximum Gasteiger partial charge on any atom is 0.327 e. The van der Waals surface area contributed by atoms with Crippen LogP contribution in [0, 0.1) is 12.1 Å². The second kappa shape index (κ2) is 12.5. The van der Waals surface area contributed by atoms with Gasteiger partial charge in [-0.2, -0.15) is 0 Å². The summed E-state index contributed by atoms with van der Waals surface area (Å²) >= 11 is 0. The van der Waals surface area contributed by atoms with E-state index in [4.69, 9.17) is 14.1 Å². The van der Waals surface area contributed by atoms with E-state index < -0.39 is 5.97 Å². The van der Waals surface area contributed by atoms with Crippen LogP contribution in [0.2, 0.25) is 0 Å². The third-order valence-electron chi connectivity index (χ3n) is 5.80. The van der Waals surface area contributed by atoms with E-state index in [-0.39, 0.29) is 25.6 Å². The van der Waals surface area contributed by atoms with Crippen molar-refractivity contribution in [1.82, 2.24) is 20.1 Å². The second-order valence-corrected chi connectivity index (χ2v) is 8.59. The molecule has 0 amide bonds. The number of aromatic nitrogens is 5. The van der Waals surface area contributed by atoms with Gasteiger partial charge in [-0.1, -0.05) is 36.4 Å². The number of pyridine rings is 1. The lowest BCUT2D eigenvalue weighted by Gasteiger charge is -2.12. The molecule has 202 valence electrons. The molecule has 0 spiro atoms. The van der Waals surface area contributed by atoms with E-state index in [0.29, 0.717) is 27.8 Å². The largest absolute Gasteiger partial charge is 0.437 e. The van der Waals surface area contributed by atoms with E-state index in [1.54, 1.807) is 42.9 Å². The highest BCUT2D eigenvalue weighted by atomic mass is 16.8. The maximum absolute atomic E-state index is 12.2. The number of hydrogen-bond acceptors (Lipinski definition) is 11. The fourth-order valence-electron chi connectivity index (χ4n) is 3.79. The van der Waals surface area contributed by atoms with Crippen LogP contribution in [0.4, 0.5) is 17.3 Å². The number of esters is 1. The molecular formula is C28H25N7O5. The molecule has 2 N–H and O–H groups in total. The zero-order valence-corrected chi connectivity index (χ0v) is 21.5. The molecule has 5 rings (SSSR count). The summed E-state index contributed by atoms with van der Waals surface area (Å²) in [5.74, 6) is -0.0897. The van der Waals surface area contributed by atoms with Crippen LogP contribution in [-0.4, -0.2) is 39.4 Å². The molecule has 12 nitrogen and oxygen atoms in total. The summed E-state index contributed by atoms with van der Waals surface area (Å²) in [6.07, 6.45) is 5.12. The zero-order valence-electron chi connectivity index (χ0n) is 21.5. The summed E-state index contributed by atoms with van der Waals surface area (Å²) in [6, 6.07) is 20.2. The molecule has 0 bridgehead atoms. The molecular weight excluding hydrogens is 514 g/mol. The topological polar surface area (TPSA) is 151 Å². The van der Waals surface area contributed by atoms with Gasteiger partial charge in [-0.05, 0) is 47.7 Å². The number of anilines is 3. The van der Waals surface area contributed by atoms with Crippen LogP contribution in [0.5, 0.6) is 0 Å². The summed E-state index contributed by atoms with van der Waals surface area (Å²) in [5, 5.41) is 21.9. The Morgan fingerprint density at radius 3 is 2.73 bits per heavy atom. The normalized spacial score (nSPS) is 10.7. The quantitative estimate of drug-likeness (QED) is 0.108. The van der Waals surface area contributed by atoms with Crippen molar-refractivity contribution in [1.29, 1.82) is 0 Å². The van der Waals surface area contributed by atoms with Crippen LogP contribution in [0.3, 0.4) is 0 Å². The molecule has 0 aliphatic rings. The number of nitrogens with zero attached hydrogens (tertiary/aromatic N) is 5. The molecule has 0 radical (unpaired) electrons. The van der Waals surface area contributed by atoms with E-state index in [1.807, 2.05) is 49.4 Å². The number of aryl methyl sites for hydroxylation is 1. The van der Waals surface area contributed by atoms with Crippen LogP contribution < -0.4 is 15.5 Å². The summed E-state index contributed by atoms with van der Waals surface area (Å²) < 4.78 is 15.2. The van der Waals surface area contributed by atoms with Crippen LogP contribution in [0.1, 0.15) is 11.3 Å². The summed E-state index contributed by atoms with van der Waals surface area (Å²) in [6.45, 7) is 1.49. The van der Waals surface area contributed by atoms with Crippen molar-refractivity contribution in [2.75, 3.05) is 24.0 Å². The maximum atomic E-state index is 12.2. The molecule has 3 aromatic heterocycles. The lowest BCUT2D eigenvalue weighted by atomic mass is 10.1. The molecule has 40 heavy (non-hydrogen) atoms. The Hall–Kier alpha value is -5.36. The first kappa shape index (κ1) is 26.3. The highest BCUT2D eigenvalue weighted by Gasteiger charge is 2.21. The predicted octanol–water partition coefficient (Wildman–Crippen LogP) is 4.01. The molecule has 0 atom stereocenters. The van der Waals surface area contributed by atoms with Crippen molar-refractivity contribution in [3.05, 3.63) is 102 Å². The monoisotopic (exact) mass is 539 g/mol. The van der Waals surface area contributed by atoms with Crippen LogP contribution in [0.15, 0.2) is 89.9 Å². The molecule has 0 aliphatic heterocycles. The van der Waals surface area contributed by atoms with E-state index in [1.165, 1.54) is 0 Å². The first-order valence-corrected chi connectivity index (χ1v) is 12.3. The van der Waals surface area contributed by atoms with Crippen molar-refractivity contribution in [2.24, 2.45) is 0 Å². The minimum atomic E-state index is -0.523. The zero-order chi connectivity index (χ0) is 27.7. The van der Waals surface area contributed by atoms with E-state index >= 15 is 0 Å². The highest BCUT2D eigenvalue weighted by molar-refractivity contribution is 5.76. The Labute approximate surface area is 229 Å². The van der Waals surface area contributed by atoms with Crippen molar-refractivity contribution in [3.63, 3.8) is 0 Å². The van der Waals surface area contributed by atoms with Crippen molar-refractivity contribution in [3.8, 4) is 22.5 Å². The standard InChI is InChI=1S/C28H25N7O5/c1-19-9-10-22(14-24(19)33-28-30-13-11-23(32-28)21-8-5-12-29-15-21)31-16-26(36)39-18-38-17-25-27(35(37)40-34-25)20-6-3-2-4-7-20/h2-15,31H,16-18H2,1H3,(H,30,32,33). The highest BCUT2D eigenvalue weighted by Crippen LogP contribution is 2.24. The molecule has 0 saturated carbocycles. The van der Waals surface area contributed by atoms with Gasteiger partial charge in [-0.3, -0.25) is 14.4 Å². The summed E-state index contributed by atoms with van der Waals surface area (Å²) in [7, 11) is 0. The molecule has 0 saturated heterocycles. The first-order valence-electron chi connectivity index (χ1n) is 12.3. The Bertz CT molecular complexity index is 1580. The molecule has 0 aliphatic carbocycles. The van der Waals surface area contributed by atoms with Gasteiger partial charge in [0.15, 0.2) is 6.79 Å². The SMILES string of the molecule is Cc1ccc(NCC(=O)OCOCc2no[n+]([O-])c2-c2ccccc2)cc1Nc1nccc(-c2cccnc2)n1. The first-order chi connectivity index (χ1) is 19.6. The van der Waals surface area contributed by atoms with Crippen LogP contribution in [-0.2, 0) is 20.9 Å². The smallest absolute Gasteiger partial charge is 0.327 e. The fraction of sp³-hybridized carbons (Fsp3) is 0.143. The fourth-order valence-corrected chi connectivity index (χ4v) is 3.79. The van der Waals surface area contributed by atoms with Crippen molar-refractivity contribution < 1.29 is 23.8 Å². The van der Waals surface area contributed by atoms with Gasteiger partial charge in [0.25, 0.3) is 5.69 Å². The van der Waals surface area contributed by atoms with Crippen LogP contribution >= 0.6 is 0 Å². The van der Waals surface area contributed by atoms with E-state index in [9.17, 15) is 10.0 Å². The molecule has 5 aromatic rings. The Balaban J connectivity index is 1.12. The number of benzene rings is 2. The van der Waals surface area contributed by atoms with E-state index in [2.05, 4.69) is 30.7 Å². The average molecular weight is 540 g/mol. The van der Waals surface area contributed by atoms with E-state index in [0.717, 1.165) is 22.5 Å². The lowest BCUT2D eigenvalue weighted by molar-refractivity contribution is -0.793. The minimum absolute atomic E-state index is 0.0687. The number of rotatable bonds is 11. The number of ether oxygens (including phenoxy) is 2.